The van der Waals surface area contributed by atoms with Crippen molar-refractivity contribution in [2.24, 2.45) is 5.92 Å². The van der Waals surface area contributed by atoms with E-state index in [9.17, 15) is 9.18 Å². The number of carbonyl (C=O) groups is 1. The molecule has 3 rings (SSSR count). The van der Waals surface area contributed by atoms with Crippen LogP contribution in [0, 0.1) is 11.7 Å². The molecule has 0 bridgehead atoms. The van der Waals surface area contributed by atoms with Crippen LogP contribution in [0.15, 0.2) is 18.2 Å². The monoisotopic (exact) mass is 220 g/mol. The van der Waals surface area contributed by atoms with Crippen molar-refractivity contribution in [2.45, 2.75) is 5.92 Å². The van der Waals surface area contributed by atoms with E-state index in [1.807, 2.05) is 0 Å². The number of carbonyl (C=O) groups excluding carboxylic acids is 1. The molecule has 0 unspecified atom stereocenters. The SMILES string of the molecule is O=C1NC[C@@H]2CNC[C@H]2c2ccc(F)cc21. The molecule has 1 amide bonds. The van der Waals surface area contributed by atoms with Gasteiger partial charge in [-0.3, -0.25) is 4.79 Å². The van der Waals surface area contributed by atoms with Crippen molar-refractivity contribution in [1.82, 2.24) is 10.6 Å². The van der Waals surface area contributed by atoms with Gasteiger partial charge in [-0.2, -0.15) is 0 Å². The zero-order valence-electron chi connectivity index (χ0n) is 8.79. The second-order valence-corrected chi connectivity index (χ2v) is 4.47. The lowest BCUT2D eigenvalue weighted by atomic mass is 9.87. The third kappa shape index (κ3) is 1.41. The molecule has 2 atom stereocenters. The number of hydrogen-bond acceptors (Lipinski definition) is 2. The molecule has 0 saturated carbocycles. The van der Waals surface area contributed by atoms with E-state index in [-0.39, 0.29) is 11.7 Å². The molecule has 2 aliphatic rings. The maximum Gasteiger partial charge on any atom is 0.251 e. The van der Waals surface area contributed by atoms with Gasteiger partial charge in [-0.15, -0.1) is 0 Å². The van der Waals surface area contributed by atoms with Gasteiger partial charge in [0.1, 0.15) is 5.82 Å². The smallest absolute Gasteiger partial charge is 0.251 e. The Kier molecular flexibility index (Phi) is 2.17. The van der Waals surface area contributed by atoms with Gasteiger partial charge in [0.2, 0.25) is 0 Å². The van der Waals surface area contributed by atoms with E-state index in [0.717, 1.165) is 18.7 Å². The molecule has 2 N–H and O–H groups in total. The summed E-state index contributed by atoms with van der Waals surface area (Å²) in [4.78, 5) is 11.8. The minimum absolute atomic E-state index is 0.149. The summed E-state index contributed by atoms with van der Waals surface area (Å²) in [5, 5.41) is 6.17. The van der Waals surface area contributed by atoms with Gasteiger partial charge in [0.25, 0.3) is 5.91 Å². The first-order valence-electron chi connectivity index (χ1n) is 5.54. The molecule has 0 radical (unpaired) electrons. The summed E-state index contributed by atoms with van der Waals surface area (Å²) >= 11 is 0. The van der Waals surface area contributed by atoms with E-state index in [1.165, 1.54) is 12.1 Å². The van der Waals surface area contributed by atoms with Crippen molar-refractivity contribution in [3.8, 4) is 0 Å². The maximum atomic E-state index is 13.1. The molecule has 0 spiro atoms. The van der Waals surface area contributed by atoms with Crippen molar-refractivity contribution in [1.29, 1.82) is 0 Å². The van der Waals surface area contributed by atoms with Crippen molar-refractivity contribution >= 4 is 5.91 Å². The van der Waals surface area contributed by atoms with Crippen molar-refractivity contribution in [3.05, 3.63) is 35.1 Å². The van der Waals surface area contributed by atoms with Gasteiger partial charge in [-0.25, -0.2) is 4.39 Å². The van der Waals surface area contributed by atoms with Crippen LogP contribution in [-0.4, -0.2) is 25.5 Å². The van der Waals surface area contributed by atoms with Crippen LogP contribution in [0.1, 0.15) is 21.8 Å². The van der Waals surface area contributed by atoms with Gasteiger partial charge in [0.15, 0.2) is 0 Å². The quantitative estimate of drug-likeness (QED) is 0.681. The molecule has 1 saturated heterocycles. The Morgan fingerprint density at radius 1 is 1.25 bits per heavy atom. The van der Waals surface area contributed by atoms with Crippen molar-refractivity contribution < 1.29 is 9.18 Å². The van der Waals surface area contributed by atoms with E-state index in [4.69, 9.17) is 0 Å². The molecule has 3 nitrogen and oxygen atoms in total. The van der Waals surface area contributed by atoms with Gasteiger partial charge in [-0.1, -0.05) is 6.07 Å². The van der Waals surface area contributed by atoms with Gasteiger partial charge >= 0.3 is 0 Å². The van der Waals surface area contributed by atoms with Crippen molar-refractivity contribution in [3.63, 3.8) is 0 Å². The van der Waals surface area contributed by atoms with Crippen LogP contribution in [0.2, 0.25) is 0 Å². The summed E-state index contributed by atoms with van der Waals surface area (Å²) < 4.78 is 13.1. The molecule has 4 heteroatoms. The highest BCUT2D eigenvalue weighted by Gasteiger charge is 2.34. The van der Waals surface area contributed by atoms with E-state index in [0.29, 0.717) is 23.9 Å². The summed E-state index contributed by atoms with van der Waals surface area (Å²) in [7, 11) is 0. The number of amides is 1. The first-order chi connectivity index (χ1) is 7.75. The molecule has 2 aliphatic heterocycles. The molecule has 0 aliphatic carbocycles. The molecule has 16 heavy (non-hydrogen) atoms. The lowest BCUT2D eigenvalue weighted by molar-refractivity contribution is 0.0952. The lowest BCUT2D eigenvalue weighted by Gasteiger charge is -2.15. The fourth-order valence-electron chi connectivity index (χ4n) is 2.68. The van der Waals surface area contributed by atoms with Crippen LogP contribution >= 0.6 is 0 Å². The summed E-state index contributed by atoms with van der Waals surface area (Å²) in [6, 6.07) is 4.53. The minimum atomic E-state index is -0.349. The first kappa shape index (κ1) is 9.78. The predicted octanol–water partition coefficient (Wildman–Crippen LogP) is 0.872. The molecular weight excluding hydrogens is 207 g/mol. The summed E-state index contributed by atoms with van der Waals surface area (Å²) in [5.41, 5.74) is 1.47. The Labute approximate surface area is 93.0 Å². The highest BCUT2D eigenvalue weighted by atomic mass is 19.1. The number of halogens is 1. The zero-order chi connectivity index (χ0) is 11.1. The summed E-state index contributed by atoms with van der Waals surface area (Å²) in [6.45, 7) is 2.47. The topological polar surface area (TPSA) is 41.1 Å². The van der Waals surface area contributed by atoms with Crippen LogP contribution in [-0.2, 0) is 0 Å². The maximum absolute atomic E-state index is 13.1. The highest BCUT2D eigenvalue weighted by Crippen LogP contribution is 2.32. The fourth-order valence-corrected chi connectivity index (χ4v) is 2.68. The number of nitrogens with one attached hydrogen (secondary N) is 2. The van der Waals surface area contributed by atoms with E-state index in [2.05, 4.69) is 10.6 Å². The van der Waals surface area contributed by atoms with Crippen LogP contribution in [0.25, 0.3) is 0 Å². The zero-order valence-corrected chi connectivity index (χ0v) is 8.79. The van der Waals surface area contributed by atoms with Crippen LogP contribution in [0.4, 0.5) is 4.39 Å². The van der Waals surface area contributed by atoms with Crippen LogP contribution < -0.4 is 10.6 Å². The second kappa shape index (κ2) is 3.56. The standard InChI is InChI=1S/C12H13FN2O/c13-8-1-2-9-10(3-8)12(16)15-5-7-4-14-6-11(7)9/h1-3,7,11,14H,4-6H2,(H,15,16)/t7-,11+/m0/s1. The molecule has 0 aromatic heterocycles. The summed E-state index contributed by atoms with van der Waals surface area (Å²) in [5.74, 6) is 0.257. The molecule has 84 valence electrons. The van der Waals surface area contributed by atoms with Gasteiger partial charge < -0.3 is 10.6 Å². The Balaban J connectivity index is 2.12. The average Bonchev–Trinajstić information content (AvgIpc) is 2.69. The van der Waals surface area contributed by atoms with Gasteiger partial charge in [0, 0.05) is 31.1 Å². The number of rotatable bonds is 0. The molecule has 2 heterocycles. The van der Waals surface area contributed by atoms with E-state index < -0.39 is 0 Å². The molecule has 1 aromatic carbocycles. The van der Waals surface area contributed by atoms with Crippen LogP contribution in [0.5, 0.6) is 0 Å². The van der Waals surface area contributed by atoms with Crippen molar-refractivity contribution in [2.75, 3.05) is 19.6 Å². The van der Waals surface area contributed by atoms with E-state index in [1.54, 1.807) is 6.07 Å². The number of fused-ring (bicyclic) bond motifs is 3. The van der Waals surface area contributed by atoms with Gasteiger partial charge in [0.05, 0.1) is 0 Å². The Bertz CT molecular complexity index is 447. The molecular formula is C12H13FN2O. The largest absolute Gasteiger partial charge is 0.352 e. The Morgan fingerprint density at radius 2 is 2.12 bits per heavy atom. The summed E-state index contributed by atoms with van der Waals surface area (Å²) in [6.07, 6.45) is 0. The van der Waals surface area contributed by atoms with Gasteiger partial charge in [-0.05, 0) is 23.6 Å². The normalized spacial score (nSPS) is 27.9. The minimum Gasteiger partial charge on any atom is -0.352 e. The second-order valence-electron chi connectivity index (χ2n) is 4.47. The third-order valence-corrected chi connectivity index (χ3v) is 3.52. The Hall–Kier alpha value is -1.42. The molecule has 1 fully saturated rings. The number of hydrogen-bond donors (Lipinski definition) is 2. The fraction of sp³-hybridized carbons (Fsp3) is 0.417. The highest BCUT2D eigenvalue weighted by molar-refractivity contribution is 5.96. The predicted molar refractivity (Wildman–Crippen MR) is 57.8 cm³/mol. The first-order valence-corrected chi connectivity index (χ1v) is 5.54. The third-order valence-electron chi connectivity index (χ3n) is 3.52. The molecule has 1 aromatic rings. The lowest BCUT2D eigenvalue weighted by Crippen LogP contribution is -2.28. The number of benzene rings is 1. The average molecular weight is 220 g/mol. The van der Waals surface area contributed by atoms with E-state index >= 15 is 0 Å². The van der Waals surface area contributed by atoms with Crippen LogP contribution in [0.3, 0.4) is 0 Å². The Morgan fingerprint density at radius 3 is 3.00 bits per heavy atom.